The average molecular weight is 338 g/mol. The first-order valence-electron chi connectivity index (χ1n) is 9.44. The van der Waals surface area contributed by atoms with Crippen molar-refractivity contribution >= 4 is 0 Å². The third-order valence-electron chi connectivity index (χ3n) is 4.78. The third-order valence-corrected chi connectivity index (χ3v) is 4.78. The molecule has 1 fully saturated rings. The van der Waals surface area contributed by atoms with E-state index in [1.807, 2.05) is 6.07 Å². The Morgan fingerprint density at radius 1 is 1.00 bits per heavy atom. The van der Waals surface area contributed by atoms with Crippen LogP contribution in [0.5, 0.6) is 5.75 Å². The first-order chi connectivity index (χ1) is 12.2. The summed E-state index contributed by atoms with van der Waals surface area (Å²) in [5.74, 6) is 1.64. The molecule has 2 aromatic carbocycles. The Hall–Kier alpha value is -1.84. The van der Waals surface area contributed by atoms with Crippen molar-refractivity contribution in [3.05, 3.63) is 65.7 Å². The largest absolute Gasteiger partial charge is 0.489 e. The molecule has 3 rings (SSSR count). The molecule has 134 valence electrons. The van der Waals surface area contributed by atoms with Crippen molar-refractivity contribution in [1.29, 1.82) is 0 Å². The second-order valence-corrected chi connectivity index (χ2v) is 7.28. The number of benzene rings is 2. The van der Waals surface area contributed by atoms with Gasteiger partial charge in [0.15, 0.2) is 0 Å². The molecule has 1 saturated heterocycles. The van der Waals surface area contributed by atoms with Gasteiger partial charge in [-0.3, -0.25) is 4.90 Å². The van der Waals surface area contributed by atoms with Crippen molar-refractivity contribution in [3.63, 3.8) is 0 Å². The summed E-state index contributed by atoms with van der Waals surface area (Å²) < 4.78 is 6.04. The topological polar surface area (TPSA) is 24.5 Å². The van der Waals surface area contributed by atoms with Crippen molar-refractivity contribution in [2.45, 2.75) is 32.9 Å². The van der Waals surface area contributed by atoms with Gasteiger partial charge in [0.25, 0.3) is 0 Å². The second kappa shape index (κ2) is 9.02. The standard InChI is InChI=1S/C22H30N2O/c1-18(2)15-22(24-13-11-23-12-14-24)20-9-6-10-21(16-20)25-17-19-7-4-3-5-8-19/h3-10,16,18,22-23H,11-15,17H2,1-2H3/t22-/m1/s1. The Morgan fingerprint density at radius 3 is 2.48 bits per heavy atom. The number of nitrogens with one attached hydrogen (secondary N) is 1. The first-order valence-corrected chi connectivity index (χ1v) is 9.44. The van der Waals surface area contributed by atoms with Gasteiger partial charge in [-0.25, -0.2) is 0 Å². The Bertz CT molecular complexity index is 635. The molecule has 25 heavy (non-hydrogen) atoms. The van der Waals surface area contributed by atoms with Crippen molar-refractivity contribution in [2.24, 2.45) is 5.92 Å². The van der Waals surface area contributed by atoms with Crippen LogP contribution in [-0.4, -0.2) is 31.1 Å². The van der Waals surface area contributed by atoms with Gasteiger partial charge >= 0.3 is 0 Å². The molecule has 1 N–H and O–H groups in total. The monoisotopic (exact) mass is 338 g/mol. The van der Waals surface area contributed by atoms with Crippen LogP contribution in [0.15, 0.2) is 54.6 Å². The molecule has 1 atom stereocenters. The van der Waals surface area contributed by atoms with Crippen molar-refractivity contribution in [1.82, 2.24) is 10.2 Å². The molecule has 0 aromatic heterocycles. The van der Waals surface area contributed by atoms with Crippen LogP contribution in [0, 0.1) is 5.92 Å². The summed E-state index contributed by atoms with van der Waals surface area (Å²) in [6, 6.07) is 19.5. The van der Waals surface area contributed by atoms with Crippen LogP contribution < -0.4 is 10.1 Å². The maximum absolute atomic E-state index is 6.04. The van der Waals surface area contributed by atoms with Crippen LogP contribution in [0.25, 0.3) is 0 Å². The fourth-order valence-electron chi connectivity index (χ4n) is 3.49. The van der Waals surface area contributed by atoms with Gasteiger partial charge in [0, 0.05) is 32.2 Å². The Balaban J connectivity index is 1.72. The molecule has 2 aromatic rings. The van der Waals surface area contributed by atoms with E-state index >= 15 is 0 Å². The molecular formula is C22H30N2O. The number of nitrogens with zero attached hydrogens (tertiary/aromatic N) is 1. The quantitative estimate of drug-likeness (QED) is 0.816. The predicted molar refractivity (Wildman–Crippen MR) is 104 cm³/mol. The van der Waals surface area contributed by atoms with Crippen LogP contribution in [0.1, 0.15) is 37.4 Å². The third kappa shape index (κ3) is 5.32. The van der Waals surface area contributed by atoms with Crippen molar-refractivity contribution < 1.29 is 4.74 Å². The molecule has 0 aliphatic carbocycles. The highest BCUT2D eigenvalue weighted by molar-refractivity contribution is 5.31. The van der Waals surface area contributed by atoms with Crippen molar-refractivity contribution in [2.75, 3.05) is 26.2 Å². The summed E-state index contributed by atoms with van der Waals surface area (Å²) in [5, 5.41) is 3.46. The maximum atomic E-state index is 6.04. The molecule has 3 nitrogen and oxygen atoms in total. The molecule has 0 unspecified atom stereocenters. The van der Waals surface area contributed by atoms with Crippen LogP contribution >= 0.6 is 0 Å². The van der Waals surface area contributed by atoms with E-state index in [1.165, 1.54) is 17.5 Å². The molecule has 0 bridgehead atoms. The van der Waals surface area contributed by atoms with E-state index in [0.717, 1.165) is 31.9 Å². The molecule has 1 aliphatic heterocycles. The number of hydrogen-bond acceptors (Lipinski definition) is 3. The summed E-state index contributed by atoms with van der Waals surface area (Å²) in [7, 11) is 0. The fraction of sp³-hybridized carbons (Fsp3) is 0.455. The van der Waals surface area contributed by atoms with Crippen LogP contribution in [0.3, 0.4) is 0 Å². The number of rotatable bonds is 7. The lowest BCUT2D eigenvalue weighted by Crippen LogP contribution is -2.45. The van der Waals surface area contributed by atoms with Gasteiger partial charge < -0.3 is 10.1 Å². The van der Waals surface area contributed by atoms with Gasteiger partial charge in [-0.1, -0.05) is 56.3 Å². The minimum absolute atomic E-state index is 0.474. The molecule has 0 radical (unpaired) electrons. The van der Waals surface area contributed by atoms with Crippen LogP contribution in [-0.2, 0) is 6.61 Å². The molecule has 0 saturated carbocycles. The summed E-state index contributed by atoms with van der Waals surface area (Å²) in [6.45, 7) is 9.64. The molecule has 0 amide bonds. The Morgan fingerprint density at radius 2 is 1.76 bits per heavy atom. The Labute approximate surface area is 152 Å². The van der Waals surface area contributed by atoms with E-state index < -0.39 is 0 Å². The SMILES string of the molecule is CC(C)C[C@H](c1cccc(OCc2ccccc2)c1)N1CCNCC1. The first kappa shape index (κ1) is 18.0. The second-order valence-electron chi connectivity index (χ2n) is 7.28. The summed E-state index contributed by atoms with van der Waals surface area (Å²) in [5.41, 5.74) is 2.58. The summed E-state index contributed by atoms with van der Waals surface area (Å²) >= 11 is 0. The van der Waals surface area contributed by atoms with E-state index in [9.17, 15) is 0 Å². The number of piperazine rings is 1. The lowest BCUT2D eigenvalue weighted by Gasteiger charge is -2.36. The van der Waals surface area contributed by atoms with Crippen molar-refractivity contribution in [3.8, 4) is 5.75 Å². The zero-order chi connectivity index (χ0) is 17.5. The van der Waals surface area contributed by atoms with Gasteiger partial charge in [0.1, 0.15) is 12.4 Å². The predicted octanol–water partition coefficient (Wildman–Crippen LogP) is 4.26. The van der Waals surface area contributed by atoms with E-state index in [-0.39, 0.29) is 0 Å². The highest BCUT2D eigenvalue weighted by atomic mass is 16.5. The van der Waals surface area contributed by atoms with Gasteiger partial charge in [0.2, 0.25) is 0 Å². The van der Waals surface area contributed by atoms with E-state index in [4.69, 9.17) is 4.74 Å². The molecule has 0 spiro atoms. The van der Waals surface area contributed by atoms with E-state index in [1.54, 1.807) is 0 Å². The lowest BCUT2D eigenvalue weighted by molar-refractivity contribution is 0.153. The zero-order valence-electron chi connectivity index (χ0n) is 15.4. The minimum Gasteiger partial charge on any atom is -0.489 e. The van der Waals surface area contributed by atoms with Crippen LogP contribution in [0.2, 0.25) is 0 Å². The summed E-state index contributed by atoms with van der Waals surface area (Å²) in [6.07, 6.45) is 1.18. The van der Waals surface area contributed by atoms with Gasteiger partial charge in [-0.05, 0) is 35.6 Å². The highest BCUT2D eigenvalue weighted by Crippen LogP contribution is 2.30. The summed E-state index contributed by atoms with van der Waals surface area (Å²) in [4.78, 5) is 2.62. The van der Waals surface area contributed by atoms with E-state index in [2.05, 4.69) is 72.6 Å². The van der Waals surface area contributed by atoms with Crippen LogP contribution in [0.4, 0.5) is 0 Å². The zero-order valence-corrected chi connectivity index (χ0v) is 15.4. The van der Waals surface area contributed by atoms with E-state index in [0.29, 0.717) is 18.6 Å². The molecule has 1 heterocycles. The lowest BCUT2D eigenvalue weighted by atomic mass is 9.95. The smallest absolute Gasteiger partial charge is 0.120 e. The van der Waals surface area contributed by atoms with Gasteiger partial charge in [0.05, 0.1) is 0 Å². The average Bonchev–Trinajstić information content (AvgIpc) is 2.66. The minimum atomic E-state index is 0.474. The van der Waals surface area contributed by atoms with Gasteiger partial charge in [-0.2, -0.15) is 0 Å². The molecule has 3 heteroatoms. The Kier molecular flexibility index (Phi) is 6.48. The highest BCUT2D eigenvalue weighted by Gasteiger charge is 2.23. The number of hydrogen-bond donors (Lipinski definition) is 1. The number of ether oxygens (including phenoxy) is 1. The maximum Gasteiger partial charge on any atom is 0.120 e. The fourth-order valence-corrected chi connectivity index (χ4v) is 3.49. The molecule has 1 aliphatic rings. The normalized spacial score (nSPS) is 16.8. The van der Waals surface area contributed by atoms with Gasteiger partial charge in [-0.15, -0.1) is 0 Å². The molecular weight excluding hydrogens is 308 g/mol.